The molecule has 0 aliphatic rings. The number of aliphatic imine (C=N–C) groups is 1. The summed E-state index contributed by atoms with van der Waals surface area (Å²) in [5.41, 5.74) is 1.79. The first kappa shape index (κ1) is 22.1. The van der Waals surface area contributed by atoms with Crippen molar-refractivity contribution < 1.29 is 14.0 Å². The van der Waals surface area contributed by atoms with E-state index in [1.165, 1.54) is 0 Å². The van der Waals surface area contributed by atoms with Gasteiger partial charge >= 0.3 is 0 Å². The Morgan fingerprint density at radius 3 is 2.62 bits per heavy atom. The molecule has 0 unspecified atom stereocenters. The van der Waals surface area contributed by atoms with Crippen LogP contribution in [0.3, 0.4) is 0 Å². The number of aromatic nitrogens is 1. The van der Waals surface area contributed by atoms with Gasteiger partial charge in [0.15, 0.2) is 23.2 Å². The Kier molecular flexibility index (Phi) is 9.85. The van der Waals surface area contributed by atoms with E-state index in [2.05, 4.69) is 20.8 Å². The average Bonchev–Trinajstić information content (AvgIpc) is 3.08. The Hall–Kier alpha value is -1.97. The normalized spacial score (nSPS) is 10.8. The van der Waals surface area contributed by atoms with E-state index in [9.17, 15) is 0 Å². The summed E-state index contributed by atoms with van der Waals surface area (Å²) in [5, 5.41) is 10.4. The summed E-state index contributed by atoms with van der Waals surface area (Å²) in [7, 11) is 1.62. The van der Waals surface area contributed by atoms with Crippen LogP contribution in [0.4, 0.5) is 5.69 Å². The van der Waals surface area contributed by atoms with Crippen LogP contribution in [-0.4, -0.2) is 31.4 Å². The fourth-order valence-electron chi connectivity index (χ4n) is 2.22. The molecule has 0 radical (unpaired) electrons. The monoisotopic (exact) mass is 474 g/mol. The highest BCUT2D eigenvalue weighted by Crippen LogP contribution is 2.30. The number of rotatable bonds is 8. The van der Waals surface area contributed by atoms with E-state index in [1.807, 2.05) is 45.0 Å². The van der Waals surface area contributed by atoms with E-state index in [0.29, 0.717) is 30.6 Å². The SMILES string of the molecule is CCNC(=NCc1cc(CC)no1)Nc1ccc(OC)c(OCC)c1.I. The summed E-state index contributed by atoms with van der Waals surface area (Å²) in [6, 6.07) is 7.59. The second-order valence-electron chi connectivity index (χ2n) is 5.26. The quantitative estimate of drug-likeness (QED) is 0.344. The molecule has 1 aromatic heterocycles. The van der Waals surface area contributed by atoms with Crippen LogP contribution < -0.4 is 20.1 Å². The van der Waals surface area contributed by atoms with E-state index in [4.69, 9.17) is 14.0 Å². The molecule has 0 amide bonds. The number of methoxy groups -OCH3 is 1. The summed E-state index contributed by atoms with van der Waals surface area (Å²) >= 11 is 0. The Balaban J connectivity index is 0.00000338. The average molecular weight is 474 g/mol. The van der Waals surface area contributed by atoms with Crippen molar-refractivity contribution in [3.63, 3.8) is 0 Å². The zero-order valence-corrected chi connectivity index (χ0v) is 18.0. The minimum Gasteiger partial charge on any atom is -0.493 e. The summed E-state index contributed by atoms with van der Waals surface area (Å²) in [6.45, 7) is 7.72. The highest BCUT2D eigenvalue weighted by atomic mass is 127. The van der Waals surface area contributed by atoms with E-state index in [-0.39, 0.29) is 24.0 Å². The van der Waals surface area contributed by atoms with Gasteiger partial charge in [-0.05, 0) is 32.4 Å². The highest BCUT2D eigenvalue weighted by Gasteiger charge is 2.08. The van der Waals surface area contributed by atoms with Gasteiger partial charge in [-0.15, -0.1) is 24.0 Å². The lowest BCUT2D eigenvalue weighted by Crippen LogP contribution is -2.30. The van der Waals surface area contributed by atoms with Gasteiger partial charge in [-0.3, -0.25) is 0 Å². The van der Waals surface area contributed by atoms with Crippen molar-refractivity contribution in [1.82, 2.24) is 10.5 Å². The van der Waals surface area contributed by atoms with Crippen molar-refractivity contribution in [2.24, 2.45) is 4.99 Å². The van der Waals surface area contributed by atoms with Crippen molar-refractivity contribution in [1.29, 1.82) is 0 Å². The molecule has 8 heteroatoms. The predicted octanol–water partition coefficient (Wildman–Crippen LogP) is 3.84. The summed E-state index contributed by atoms with van der Waals surface area (Å²) in [6.07, 6.45) is 0.845. The smallest absolute Gasteiger partial charge is 0.196 e. The van der Waals surface area contributed by atoms with Crippen LogP contribution in [-0.2, 0) is 13.0 Å². The van der Waals surface area contributed by atoms with Gasteiger partial charge in [0, 0.05) is 24.4 Å². The molecule has 0 aliphatic heterocycles. The Bertz CT molecular complexity index is 703. The molecule has 0 fully saturated rings. The topological polar surface area (TPSA) is 80.9 Å². The van der Waals surface area contributed by atoms with Crippen molar-refractivity contribution in [3.8, 4) is 11.5 Å². The van der Waals surface area contributed by atoms with Gasteiger partial charge in [-0.25, -0.2) is 4.99 Å². The molecule has 1 aromatic carbocycles. The van der Waals surface area contributed by atoms with Crippen LogP contribution in [0.15, 0.2) is 33.8 Å². The van der Waals surface area contributed by atoms with E-state index >= 15 is 0 Å². The summed E-state index contributed by atoms with van der Waals surface area (Å²) < 4.78 is 16.2. The zero-order valence-electron chi connectivity index (χ0n) is 15.7. The number of ether oxygens (including phenoxy) is 2. The van der Waals surface area contributed by atoms with Crippen molar-refractivity contribution >= 4 is 35.6 Å². The molecule has 0 saturated heterocycles. The molecule has 7 nitrogen and oxygen atoms in total. The fourth-order valence-corrected chi connectivity index (χ4v) is 2.22. The van der Waals surface area contributed by atoms with Gasteiger partial charge in [0.2, 0.25) is 0 Å². The van der Waals surface area contributed by atoms with Crippen LogP contribution in [0, 0.1) is 0 Å². The second kappa shape index (κ2) is 11.6. The zero-order chi connectivity index (χ0) is 18.1. The number of aryl methyl sites for hydroxylation is 1. The van der Waals surface area contributed by atoms with Crippen LogP contribution >= 0.6 is 24.0 Å². The Morgan fingerprint density at radius 1 is 1.19 bits per heavy atom. The molecule has 0 saturated carbocycles. The lowest BCUT2D eigenvalue weighted by Gasteiger charge is -2.14. The van der Waals surface area contributed by atoms with E-state index in [0.717, 1.165) is 30.1 Å². The predicted molar refractivity (Wildman–Crippen MR) is 114 cm³/mol. The number of nitrogens with zero attached hydrogens (tertiary/aromatic N) is 2. The molecule has 2 aromatic rings. The van der Waals surface area contributed by atoms with Gasteiger partial charge < -0.3 is 24.6 Å². The maximum atomic E-state index is 5.61. The number of halogens is 1. The Morgan fingerprint density at radius 2 is 2.00 bits per heavy atom. The number of benzene rings is 1. The first-order chi connectivity index (χ1) is 12.2. The summed E-state index contributed by atoms with van der Waals surface area (Å²) in [5.74, 6) is 2.78. The molecule has 144 valence electrons. The molecule has 0 spiro atoms. The maximum absolute atomic E-state index is 5.61. The number of anilines is 1. The van der Waals surface area contributed by atoms with E-state index in [1.54, 1.807) is 7.11 Å². The molecule has 1 heterocycles. The number of nitrogens with one attached hydrogen (secondary N) is 2. The third kappa shape index (κ3) is 6.40. The minimum absolute atomic E-state index is 0. The van der Waals surface area contributed by atoms with Gasteiger partial charge in [0.05, 0.1) is 19.4 Å². The number of hydrogen-bond acceptors (Lipinski definition) is 5. The third-order valence-corrected chi connectivity index (χ3v) is 3.43. The highest BCUT2D eigenvalue weighted by molar-refractivity contribution is 14.0. The fraction of sp³-hybridized carbons (Fsp3) is 0.444. The molecular formula is C18H27IN4O3. The minimum atomic E-state index is 0. The van der Waals surface area contributed by atoms with Gasteiger partial charge in [-0.2, -0.15) is 0 Å². The van der Waals surface area contributed by atoms with Crippen LogP contribution in [0.5, 0.6) is 11.5 Å². The largest absolute Gasteiger partial charge is 0.493 e. The third-order valence-electron chi connectivity index (χ3n) is 3.43. The number of guanidine groups is 1. The molecule has 0 aliphatic carbocycles. The maximum Gasteiger partial charge on any atom is 0.196 e. The molecule has 2 N–H and O–H groups in total. The first-order valence-corrected chi connectivity index (χ1v) is 8.50. The molecule has 2 rings (SSSR count). The van der Waals surface area contributed by atoms with Gasteiger partial charge in [0.1, 0.15) is 6.54 Å². The van der Waals surface area contributed by atoms with Gasteiger partial charge in [0.25, 0.3) is 0 Å². The van der Waals surface area contributed by atoms with Crippen LogP contribution in [0.25, 0.3) is 0 Å². The molecule has 0 bridgehead atoms. The Labute approximate surface area is 171 Å². The van der Waals surface area contributed by atoms with Crippen LogP contribution in [0.1, 0.15) is 32.2 Å². The lowest BCUT2D eigenvalue weighted by molar-refractivity contribution is 0.311. The number of hydrogen-bond donors (Lipinski definition) is 2. The van der Waals surface area contributed by atoms with Crippen molar-refractivity contribution in [2.75, 3.05) is 25.6 Å². The standard InChI is InChI=1S/C18H26N4O3.HI/c1-5-13-10-15(25-22-13)12-20-18(19-6-2)21-14-8-9-16(23-4)17(11-14)24-7-3;/h8-11H,5-7,12H2,1-4H3,(H2,19,20,21);1H. The molecule has 26 heavy (non-hydrogen) atoms. The van der Waals surface area contributed by atoms with Crippen molar-refractivity contribution in [2.45, 2.75) is 33.7 Å². The molecule has 0 atom stereocenters. The van der Waals surface area contributed by atoms with Crippen molar-refractivity contribution in [3.05, 3.63) is 35.7 Å². The molecular weight excluding hydrogens is 447 g/mol. The van der Waals surface area contributed by atoms with Gasteiger partial charge in [-0.1, -0.05) is 12.1 Å². The lowest BCUT2D eigenvalue weighted by atomic mass is 10.2. The van der Waals surface area contributed by atoms with Crippen LogP contribution in [0.2, 0.25) is 0 Å². The van der Waals surface area contributed by atoms with E-state index < -0.39 is 0 Å². The first-order valence-electron chi connectivity index (χ1n) is 8.50. The summed E-state index contributed by atoms with van der Waals surface area (Å²) in [4.78, 5) is 4.53. The second-order valence-corrected chi connectivity index (χ2v) is 5.26.